The van der Waals surface area contributed by atoms with Gasteiger partial charge in [0, 0.05) is 20.2 Å². The molecule has 2 aromatic rings. The fourth-order valence-electron chi connectivity index (χ4n) is 3.61. The van der Waals surface area contributed by atoms with Gasteiger partial charge in [-0.2, -0.15) is 10.2 Å². The number of carbonyl (C=O) groups excluding carboxylic acids is 1. The van der Waals surface area contributed by atoms with E-state index in [0.717, 1.165) is 29.7 Å². The van der Waals surface area contributed by atoms with Crippen LogP contribution in [0.25, 0.3) is 0 Å². The van der Waals surface area contributed by atoms with Crippen LogP contribution in [-0.2, 0) is 16.1 Å². The summed E-state index contributed by atoms with van der Waals surface area (Å²) in [5.41, 5.74) is 4.26. The summed E-state index contributed by atoms with van der Waals surface area (Å²) in [6.07, 6.45) is 3.24. The van der Waals surface area contributed by atoms with Gasteiger partial charge in [-0.05, 0) is 49.3 Å². The molecule has 2 heterocycles. The summed E-state index contributed by atoms with van der Waals surface area (Å²) in [4.78, 5) is 14.2. The average molecular weight is 369 g/mol. The van der Waals surface area contributed by atoms with Gasteiger partial charge in [0.05, 0.1) is 18.0 Å². The monoisotopic (exact) mass is 369 g/mol. The van der Waals surface area contributed by atoms with Crippen LogP contribution in [0, 0.1) is 6.92 Å². The number of nitrogens with zero attached hydrogens (tertiary/aromatic N) is 3. The number of carbonyl (C=O) groups is 1. The van der Waals surface area contributed by atoms with Crippen molar-refractivity contribution in [2.45, 2.75) is 45.3 Å². The van der Waals surface area contributed by atoms with E-state index in [9.17, 15) is 4.79 Å². The van der Waals surface area contributed by atoms with Gasteiger partial charge in [0.2, 0.25) is 0 Å². The minimum Gasteiger partial charge on any atom is -0.445 e. The molecule has 0 N–H and O–H groups in total. The number of aryl methyl sites for hydroxylation is 1. The lowest BCUT2D eigenvalue weighted by Crippen LogP contribution is -2.38. The first-order valence-corrected chi connectivity index (χ1v) is 9.40. The lowest BCUT2D eigenvalue weighted by Gasteiger charge is -2.33. The second-order valence-corrected chi connectivity index (χ2v) is 7.01. The molecule has 144 valence electrons. The average Bonchev–Trinajstić information content (AvgIpc) is 2.72. The number of hydrogen-bond donors (Lipinski definition) is 0. The van der Waals surface area contributed by atoms with Gasteiger partial charge >= 0.3 is 6.09 Å². The zero-order valence-corrected chi connectivity index (χ0v) is 16.2. The Kier molecular flexibility index (Phi) is 6.40. The van der Waals surface area contributed by atoms with Crippen LogP contribution in [0.2, 0.25) is 0 Å². The lowest BCUT2D eigenvalue weighted by atomic mass is 9.85. The minimum atomic E-state index is -0.243. The highest BCUT2D eigenvalue weighted by Crippen LogP contribution is 2.34. The van der Waals surface area contributed by atoms with Crippen LogP contribution in [0.4, 0.5) is 4.79 Å². The molecule has 1 aliphatic heterocycles. The van der Waals surface area contributed by atoms with Gasteiger partial charge in [-0.3, -0.25) is 0 Å². The predicted octanol–water partition coefficient (Wildman–Crippen LogP) is 4.01. The number of rotatable bonds is 5. The maximum absolute atomic E-state index is 12.4. The maximum Gasteiger partial charge on any atom is 0.410 e. The second kappa shape index (κ2) is 8.95. The van der Waals surface area contributed by atoms with Gasteiger partial charge in [0.25, 0.3) is 0 Å². The van der Waals surface area contributed by atoms with E-state index >= 15 is 0 Å². The molecule has 27 heavy (non-hydrogen) atoms. The standard InChI is InChI=1S/C21H27N3O3/c1-15-13-22-23-20(16(2)26-3)19(15)18-9-11-24(12-10-18)21(25)27-14-17-7-5-4-6-8-17/h4-8,13,16,18H,9-12,14H2,1-3H3/t16-/m0/s1. The van der Waals surface area contributed by atoms with Gasteiger partial charge in [-0.1, -0.05) is 30.3 Å². The molecular weight excluding hydrogens is 342 g/mol. The number of hydrogen-bond acceptors (Lipinski definition) is 5. The van der Waals surface area contributed by atoms with E-state index in [4.69, 9.17) is 9.47 Å². The molecule has 0 aliphatic carbocycles. The van der Waals surface area contributed by atoms with E-state index in [-0.39, 0.29) is 12.2 Å². The van der Waals surface area contributed by atoms with Crippen molar-refractivity contribution in [2.24, 2.45) is 0 Å². The topological polar surface area (TPSA) is 64.6 Å². The summed E-state index contributed by atoms with van der Waals surface area (Å²) >= 11 is 0. The molecule has 0 bridgehead atoms. The van der Waals surface area contributed by atoms with Crippen LogP contribution in [0.5, 0.6) is 0 Å². The highest BCUT2D eigenvalue weighted by molar-refractivity contribution is 5.67. The molecule has 6 nitrogen and oxygen atoms in total. The molecule has 3 rings (SSSR count). The Balaban J connectivity index is 1.60. The first kappa shape index (κ1) is 19.3. The molecule has 1 aliphatic rings. The van der Waals surface area contributed by atoms with E-state index in [1.54, 1.807) is 12.0 Å². The van der Waals surface area contributed by atoms with Gasteiger partial charge < -0.3 is 14.4 Å². The third-order valence-electron chi connectivity index (χ3n) is 5.22. The molecule has 1 amide bonds. The Morgan fingerprint density at radius 2 is 1.96 bits per heavy atom. The molecule has 1 aromatic carbocycles. The van der Waals surface area contributed by atoms with Crippen LogP contribution in [0.1, 0.15) is 54.2 Å². The van der Waals surface area contributed by atoms with Crippen molar-refractivity contribution in [2.75, 3.05) is 20.2 Å². The van der Waals surface area contributed by atoms with Crippen LogP contribution < -0.4 is 0 Å². The molecule has 0 unspecified atom stereocenters. The summed E-state index contributed by atoms with van der Waals surface area (Å²) in [6, 6.07) is 9.75. The van der Waals surface area contributed by atoms with Crippen LogP contribution in [0.15, 0.2) is 36.5 Å². The van der Waals surface area contributed by atoms with Crippen LogP contribution in [-0.4, -0.2) is 41.4 Å². The highest BCUT2D eigenvalue weighted by Gasteiger charge is 2.29. The SMILES string of the molecule is CO[C@@H](C)c1nncc(C)c1C1CCN(C(=O)OCc2ccccc2)CC1. The number of benzene rings is 1. The Hall–Kier alpha value is -2.47. The summed E-state index contributed by atoms with van der Waals surface area (Å²) < 4.78 is 10.9. The maximum atomic E-state index is 12.4. The summed E-state index contributed by atoms with van der Waals surface area (Å²) in [5, 5.41) is 8.41. The van der Waals surface area contributed by atoms with E-state index in [0.29, 0.717) is 25.6 Å². The van der Waals surface area contributed by atoms with Crippen molar-refractivity contribution < 1.29 is 14.3 Å². The van der Waals surface area contributed by atoms with Crippen molar-refractivity contribution in [3.8, 4) is 0 Å². The Morgan fingerprint density at radius 1 is 1.26 bits per heavy atom. The molecule has 1 fully saturated rings. The molecule has 1 atom stereocenters. The fraction of sp³-hybridized carbons (Fsp3) is 0.476. The second-order valence-electron chi connectivity index (χ2n) is 7.01. The zero-order valence-electron chi connectivity index (χ0n) is 16.2. The lowest BCUT2D eigenvalue weighted by molar-refractivity contribution is 0.0861. The first-order chi connectivity index (χ1) is 13.1. The molecule has 0 spiro atoms. The smallest absolute Gasteiger partial charge is 0.410 e. The molecular formula is C21H27N3O3. The largest absolute Gasteiger partial charge is 0.445 e. The Labute approximate surface area is 160 Å². The fourth-order valence-corrected chi connectivity index (χ4v) is 3.61. The van der Waals surface area contributed by atoms with Crippen molar-refractivity contribution >= 4 is 6.09 Å². The van der Waals surface area contributed by atoms with E-state index in [2.05, 4.69) is 17.1 Å². The number of aromatic nitrogens is 2. The number of ether oxygens (including phenoxy) is 2. The summed E-state index contributed by atoms with van der Waals surface area (Å²) in [6.45, 7) is 5.73. The van der Waals surface area contributed by atoms with Gasteiger partial charge in [0.1, 0.15) is 6.61 Å². The number of amides is 1. The molecule has 6 heteroatoms. The van der Waals surface area contributed by atoms with E-state index in [1.165, 1.54) is 5.56 Å². The summed E-state index contributed by atoms with van der Waals surface area (Å²) in [5.74, 6) is 0.353. The predicted molar refractivity (Wildman–Crippen MR) is 102 cm³/mol. The zero-order chi connectivity index (χ0) is 19.2. The molecule has 1 saturated heterocycles. The van der Waals surface area contributed by atoms with Gasteiger partial charge in [-0.25, -0.2) is 4.79 Å². The molecule has 0 radical (unpaired) electrons. The first-order valence-electron chi connectivity index (χ1n) is 9.40. The number of piperidine rings is 1. The minimum absolute atomic E-state index is 0.0960. The Bertz CT molecular complexity index is 759. The number of likely N-dealkylation sites (tertiary alicyclic amines) is 1. The van der Waals surface area contributed by atoms with Crippen molar-refractivity contribution in [3.63, 3.8) is 0 Å². The van der Waals surface area contributed by atoms with E-state index < -0.39 is 0 Å². The third-order valence-corrected chi connectivity index (χ3v) is 5.22. The van der Waals surface area contributed by atoms with Gasteiger partial charge in [-0.15, -0.1) is 0 Å². The van der Waals surface area contributed by atoms with Gasteiger partial charge in [0.15, 0.2) is 0 Å². The third kappa shape index (κ3) is 4.63. The van der Waals surface area contributed by atoms with Crippen molar-refractivity contribution in [1.82, 2.24) is 15.1 Å². The van der Waals surface area contributed by atoms with Crippen LogP contribution in [0.3, 0.4) is 0 Å². The van der Waals surface area contributed by atoms with Crippen molar-refractivity contribution in [1.29, 1.82) is 0 Å². The van der Waals surface area contributed by atoms with E-state index in [1.807, 2.05) is 43.5 Å². The molecule has 1 aromatic heterocycles. The molecule has 0 saturated carbocycles. The van der Waals surface area contributed by atoms with Crippen molar-refractivity contribution in [3.05, 3.63) is 58.9 Å². The van der Waals surface area contributed by atoms with Crippen LogP contribution >= 0.6 is 0 Å². The normalized spacial score (nSPS) is 16.2. The summed E-state index contributed by atoms with van der Waals surface area (Å²) in [7, 11) is 1.68. The number of methoxy groups -OCH3 is 1. The highest BCUT2D eigenvalue weighted by atomic mass is 16.6. The Morgan fingerprint density at radius 3 is 2.63 bits per heavy atom. The quantitative estimate of drug-likeness (QED) is 0.797.